The number of carbonyl (C=O) groups is 3. The molecule has 0 spiro atoms. The van der Waals surface area contributed by atoms with Gasteiger partial charge in [0.15, 0.2) is 0 Å². The van der Waals surface area contributed by atoms with Gasteiger partial charge < -0.3 is 20.1 Å². The van der Waals surface area contributed by atoms with Crippen LogP contribution in [0, 0.1) is 0 Å². The first-order valence-electron chi connectivity index (χ1n) is 9.43. The molecule has 3 amide bonds. The number of rotatable bonds is 8. The van der Waals surface area contributed by atoms with Crippen molar-refractivity contribution in [1.29, 1.82) is 0 Å². The molecule has 3 rings (SSSR count). The molecule has 8 nitrogen and oxygen atoms in total. The van der Waals surface area contributed by atoms with E-state index in [1.54, 1.807) is 42.5 Å². The number of anilines is 2. The van der Waals surface area contributed by atoms with Gasteiger partial charge in [0.1, 0.15) is 11.4 Å². The summed E-state index contributed by atoms with van der Waals surface area (Å²) in [4.78, 5) is 38.5. The van der Waals surface area contributed by atoms with Gasteiger partial charge in [-0.05, 0) is 35.9 Å². The molecular weight excluding hydrogens is 422 g/mol. The number of imide groups is 1. The lowest BCUT2D eigenvalue weighted by atomic mass is 10.0. The number of nitrogens with one attached hydrogen (secondary N) is 2. The molecule has 162 valence electrons. The molecule has 2 N–H and O–H groups in total. The van der Waals surface area contributed by atoms with E-state index in [0.717, 1.165) is 4.90 Å². The van der Waals surface area contributed by atoms with Crippen LogP contribution in [0.3, 0.4) is 0 Å². The Bertz CT molecular complexity index is 1050. The number of benzene rings is 2. The third-order valence-corrected chi connectivity index (χ3v) is 4.90. The lowest BCUT2D eigenvalue weighted by Gasteiger charge is -2.14. The van der Waals surface area contributed by atoms with E-state index in [1.807, 2.05) is 0 Å². The molecule has 2 aromatic carbocycles. The van der Waals surface area contributed by atoms with E-state index >= 15 is 0 Å². The highest BCUT2D eigenvalue weighted by atomic mass is 35.5. The van der Waals surface area contributed by atoms with Crippen LogP contribution in [-0.2, 0) is 19.1 Å². The van der Waals surface area contributed by atoms with Crippen molar-refractivity contribution >= 4 is 46.3 Å². The molecule has 0 saturated heterocycles. The smallest absolute Gasteiger partial charge is 0.278 e. The van der Waals surface area contributed by atoms with Gasteiger partial charge in [0.05, 0.1) is 30.9 Å². The molecule has 0 unspecified atom stereocenters. The number of methoxy groups -OCH3 is 2. The summed E-state index contributed by atoms with van der Waals surface area (Å²) in [6, 6.07) is 11.7. The highest BCUT2D eigenvalue weighted by molar-refractivity contribution is 6.36. The molecule has 2 aromatic rings. The van der Waals surface area contributed by atoms with Crippen molar-refractivity contribution in [2.75, 3.05) is 38.0 Å². The third-order valence-electron chi connectivity index (χ3n) is 4.60. The summed E-state index contributed by atoms with van der Waals surface area (Å²) in [5, 5.41) is 6.07. The van der Waals surface area contributed by atoms with Crippen LogP contribution >= 0.6 is 11.6 Å². The van der Waals surface area contributed by atoms with Gasteiger partial charge in [-0.3, -0.25) is 19.3 Å². The van der Waals surface area contributed by atoms with E-state index in [4.69, 9.17) is 21.1 Å². The Labute approximate surface area is 184 Å². The van der Waals surface area contributed by atoms with Crippen molar-refractivity contribution < 1.29 is 23.9 Å². The summed E-state index contributed by atoms with van der Waals surface area (Å²) in [5.41, 5.74) is 2.01. The molecule has 0 bridgehead atoms. The predicted molar refractivity (Wildman–Crippen MR) is 118 cm³/mol. The Balaban J connectivity index is 2.00. The fourth-order valence-electron chi connectivity index (χ4n) is 3.16. The van der Waals surface area contributed by atoms with Crippen LogP contribution in [0.15, 0.2) is 48.2 Å². The minimum Gasteiger partial charge on any atom is -0.495 e. The van der Waals surface area contributed by atoms with Gasteiger partial charge in [0.25, 0.3) is 11.8 Å². The number of hydrogen-bond donors (Lipinski definition) is 2. The van der Waals surface area contributed by atoms with Gasteiger partial charge in [-0.1, -0.05) is 23.7 Å². The van der Waals surface area contributed by atoms with E-state index in [2.05, 4.69) is 10.6 Å². The number of ether oxygens (including phenoxy) is 2. The Morgan fingerprint density at radius 3 is 2.29 bits per heavy atom. The van der Waals surface area contributed by atoms with Crippen molar-refractivity contribution in [2.24, 2.45) is 0 Å². The van der Waals surface area contributed by atoms with Crippen LogP contribution in [-0.4, -0.2) is 50.0 Å². The van der Waals surface area contributed by atoms with E-state index < -0.39 is 11.8 Å². The highest BCUT2D eigenvalue weighted by Crippen LogP contribution is 2.33. The van der Waals surface area contributed by atoms with Gasteiger partial charge in [0.2, 0.25) is 5.91 Å². The third kappa shape index (κ3) is 4.87. The molecule has 9 heteroatoms. The molecule has 31 heavy (non-hydrogen) atoms. The van der Waals surface area contributed by atoms with E-state index in [1.165, 1.54) is 21.1 Å². The van der Waals surface area contributed by atoms with Crippen molar-refractivity contribution in [2.45, 2.75) is 6.92 Å². The molecule has 0 radical (unpaired) electrons. The van der Waals surface area contributed by atoms with Gasteiger partial charge in [-0.15, -0.1) is 0 Å². The van der Waals surface area contributed by atoms with Crippen molar-refractivity contribution in [3.05, 3.63) is 58.7 Å². The minimum atomic E-state index is -0.463. The monoisotopic (exact) mass is 443 g/mol. The van der Waals surface area contributed by atoms with Gasteiger partial charge in [-0.2, -0.15) is 0 Å². The molecule has 1 aliphatic heterocycles. The lowest BCUT2D eigenvalue weighted by molar-refractivity contribution is -0.137. The van der Waals surface area contributed by atoms with Crippen LogP contribution in [0.25, 0.3) is 5.57 Å². The number of nitrogens with zero attached hydrogens (tertiary/aromatic N) is 1. The SMILES string of the molecule is COCCN1C(=O)C(Nc2ccc(OC)c(Cl)c2)=C(c2ccc(NC(C)=O)cc2)C1=O. The molecule has 0 aromatic heterocycles. The van der Waals surface area contributed by atoms with Gasteiger partial charge >= 0.3 is 0 Å². The molecule has 1 heterocycles. The van der Waals surface area contributed by atoms with E-state index in [9.17, 15) is 14.4 Å². The summed E-state index contributed by atoms with van der Waals surface area (Å²) >= 11 is 6.20. The number of hydrogen-bond acceptors (Lipinski definition) is 6. The first kappa shape index (κ1) is 22.3. The molecule has 0 atom stereocenters. The second kappa shape index (κ2) is 9.63. The Kier molecular flexibility index (Phi) is 6.94. The zero-order valence-corrected chi connectivity index (χ0v) is 18.1. The second-order valence-electron chi connectivity index (χ2n) is 6.74. The molecular formula is C22H22ClN3O5. The predicted octanol–water partition coefficient (Wildman–Crippen LogP) is 3.15. The first-order chi connectivity index (χ1) is 14.8. The maximum absolute atomic E-state index is 13.1. The summed E-state index contributed by atoms with van der Waals surface area (Å²) in [6.45, 7) is 1.75. The minimum absolute atomic E-state index is 0.121. The van der Waals surface area contributed by atoms with Crippen LogP contribution < -0.4 is 15.4 Å². The largest absolute Gasteiger partial charge is 0.495 e. The van der Waals surface area contributed by atoms with Crippen LogP contribution in [0.4, 0.5) is 11.4 Å². The number of carbonyl (C=O) groups excluding carboxylic acids is 3. The molecule has 1 aliphatic rings. The standard InChI is InChI=1S/C22H22ClN3O5/c1-13(27)24-15-6-4-14(5-7-15)19-20(22(29)26(21(19)28)10-11-30-2)25-16-8-9-18(31-3)17(23)12-16/h4-9,12,25H,10-11H2,1-3H3,(H,24,27). The summed E-state index contributed by atoms with van der Waals surface area (Å²) in [7, 11) is 3.01. The van der Waals surface area contributed by atoms with Crippen molar-refractivity contribution in [3.63, 3.8) is 0 Å². The second-order valence-corrected chi connectivity index (χ2v) is 7.14. The molecule has 0 aliphatic carbocycles. The fourth-order valence-corrected chi connectivity index (χ4v) is 3.42. The highest BCUT2D eigenvalue weighted by Gasteiger charge is 2.39. The maximum Gasteiger partial charge on any atom is 0.278 e. The molecule has 0 fully saturated rings. The van der Waals surface area contributed by atoms with Crippen molar-refractivity contribution in [1.82, 2.24) is 4.90 Å². The Hall–Kier alpha value is -3.36. The zero-order chi connectivity index (χ0) is 22.5. The Morgan fingerprint density at radius 1 is 1.03 bits per heavy atom. The Morgan fingerprint density at radius 2 is 1.71 bits per heavy atom. The number of amides is 3. The maximum atomic E-state index is 13.1. The summed E-state index contributed by atoms with van der Waals surface area (Å²) in [6.07, 6.45) is 0. The lowest BCUT2D eigenvalue weighted by Crippen LogP contribution is -2.35. The van der Waals surface area contributed by atoms with Crippen molar-refractivity contribution in [3.8, 4) is 5.75 Å². The van der Waals surface area contributed by atoms with Gasteiger partial charge in [-0.25, -0.2) is 0 Å². The first-order valence-corrected chi connectivity index (χ1v) is 9.81. The summed E-state index contributed by atoms with van der Waals surface area (Å²) in [5.74, 6) is -0.611. The average molecular weight is 444 g/mol. The zero-order valence-electron chi connectivity index (χ0n) is 17.3. The molecule has 0 saturated carbocycles. The number of halogens is 1. The fraction of sp³-hybridized carbons (Fsp3) is 0.227. The van der Waals surface area contributed by atoms with Crippen LogP contribution in [0.5, 0.6) is 5.75 Å². The van der Waals surface area contributed by atoms with Crippen LogP contribution in [0.2, 0.25) is 5.02 Å². The quantitative estimate of drug-likeness (QED) is 0.608. The summed E-state index contributed by atoms with van der Waals surface area (Å²) < 4.78 is 10.2. The van der Waals surface area contributed by atoms with Crippen LogP contribution in [0.1, 0.15) is 12.5 Å². The average Bonchev–Trinajstić information content (AvgIpc) is 2.96. The van der Waals surface area contributed by atoms with E-state index in [-0.39, 0.29) is 30.3 Å². The normalized spacial score (nSPS) is 13.6. The van der Waals surface area contributed by atoms with E-state index in [0.29, 0.717) is 27.7 Å². The van der Waals surface area contributed by atoms with Gasteiger partial charge in [0, 0.05) is 25.4 Å². The topological polar surface area (TPSA) is 97.0 Å².